The number of halogens is 2. The molecule has 88 valence electrons. The van der Waals surface area contributed by atoms with E-state index in [1.807, 2.05) is 0 Å². The first kappa shape index (κ1) is 13.7. The Morgan fingerprint density at radius 1 is 1.44 bits per heavy atom. The molecule has 1 amide bonds. The molecule has 0 aliphatic heterocycles. The van der Waals surface area contributed by atoms with Crippen LogP contribution in [-0.4, -0.2) is 22.3 Å². The third kappa shape index (κ3) is 3.57. The molecule has 0 unspecified atom stereocenters. The molecular weight excluding hydrogens is 317 g/mol. The Labute approximate surface area is 110 Å². The van der Waals surface area contributed by atoms with Crippen molar-refractivity contribution in [2.75, 3.05) is 12.5 Å². The molecule has 0 radical (unpaired) electrons. The molecule has 0 spiro atoms. The Balaban J connectivity index is 2.76. The van der Waals surface area contributed by atoms with Crippen LogP contribution < -0.4 is 4.74 Å². The van der Waals surface area contributed by atoms with Crippen LogP contribution in [0.4, 0.5) is 9.18 Å². The standard InChI is InChI=1S/C9H9BrFNO2S2/c1-15-12(16-2)9(13)14-8-4-3-6(10)5-7(8)11/h3-5H,1-2H3. The number of carbonyl (C=O) groups is 1. The fraction of sp³-hybridized carbons (Fsp3) is 0.222. The van der Waals surface area contributed by atoms with E-state index in [9.17, 15) is 9.18 Å². The first-order valence-electron chi connectivity index (χ1n) is 4.13. The van der Waals surface area contributed by atoms with E-state index in [0.29, 0.717) is 4.47 Å². The summed E-state index contributed by atoms with van der Waals surface area (Å²) in [5.74, 6) is -0.661. The molecule has 0 aliphatic carbocycles. The first-order valence-corrected chi connectivity index (χ1v) is 7.29. The molecule has 0 saturated heterocycles. The summed E-state index contributed by atoms with van der Waals surface area (Å²) < 4.78 is 20.1. The fourth-order valence-corrected chi connectivity index (χ4v) is 2.22. The molecule has 3 nitrogen and oxygen atoms in total. The van der Waals surface area contributed by atoms with Gasteiger partial charge in [0.2, 0.25) is 0 Å². The van der Waals surface area contributed by atoms with Gasteiger partial charge in [0.25, 0.3) is 0 Å². The van der Waals surface area contributed by atoms with Gasteiger partial charge >= 0.3 is 6.09 Å². The van der Waals surface area contributed by atoms with Crippen molar-refractivity contribution in [3.63, 3.8) is 0 Å². The van der Waals surface area contributed by atoms with Crippen molar-refractivity contribution in [3.8, 4) is 5.75 Å². The third-order valence-corrected chi connectivity index (χ3v) is 3.92. The first-order chi connectivity index (χ1) is 7.58. The highest BCUT2D eigenvalue weighted by Crippen LogP contribution is 2.24. The van der Waals surface area contributed by atoms with Gasteiger partial charge in [-0.25, -0.2) is 9.18 Å². The van der Waals surface area contributed by atoms with Gasteiger partial charge in [-0.15, -0.1) is 0 Å². The number of carbonyl (C=O) groups excluding carboxylic acids is 1. The molecule has 0 heterocycles. The van der Waals surface area contributed by atoms with Crippen molar-refractivity contribution < 1.29 is 13.9 Å². The highest BCUT2D eigenvalue weighted by Gasteiger charge is 2.16. The van der Waals surface area contributed by atoms with Gasteiger partial charge in [-0.1, -0.05) is 15.9 Å². The fourth-order valence-electron chi connectivity index (χ4n) is 0.913. The van der Waals surface area contributed by atoms with Crippen LogP contribution in [0, 0.1) is 5.82 Å². The van der Waals surface area contributed by atoms with Gasteiger partial charge < -0.3 is 4.74 Å². The minimum absolute atomic E-state index is 0.0821. The molecule has 0 atom stereocenters. The smallest absolute Gasteiger partial charge is 0.406 e. The Kier molecular flexibility index (Phi) is 5.43. The highest BCUT2D eigenvalue weighted by atomic mass is 79.9. The normalized spacial score (nSPS) is 10.0. The van der Waals surface area contributed by atoms with Crippen LogP contribution in [0.1, 0.15) is 0 Å². The van der Waals surface area contributed by atoms with E-state index >= 15 is 0 Å². The van der Waals surface area contributed by atoms with Crippen molar-refractivity contribution in [1.29, 1.82) is 0 Å². The Bertz CT molecular complexity index is 388. The number of hydrogen-bond acceptors (Lipinski definition) is 4. The number of benzene rings is 1. The van der Waals surface area contributed by atoms with Gasteiger partial charge in [0.1, 0.15) is 0 Å². The van der Waals surface area contributed by atoms with Gasteiger partial charge in [-0.2, -0.15) is 3.71 Å². The molecule has 0 fully saturated rings. The molecule has 0 bridgehead atoms. The maximum atomic E-state index is 13.3. The van der Waals surface area contributed by atoms with E-state index in [0.717, 1.165) is 0 Å². The third-order valence-electron chi connectivity index (χ3n) is 1.57. The SMILES string of the molecule is CSN(SC)C(=O)Oc1ccc(Br)cc1F. The summed E-state index contributed by atoms with van der Waals surface area (Å²) >= 11 is 5.51. The predicted molar refractivity (Wildman–Crippen MR) is 69.0 cm³/mol. The summed E-state index contributed by atoms with van der Waals surface area (Å²) in [5.41, 5.74) is 0. The van der Waals surface area contributed by atoms with Crippen molar-refractivity contribution in [2.24, 2.45) is 0 Å². The summed E-state index contributed by atoms with van der Waals surface area (Å²) in [6.07, 6.45) is 2.85. The lowest BCUT2D eigenvalue weighted by Gasteiger charge is -2.15. The van der Waals surface area contributed by atoms with Gasteiger partial charge in [-0.05, 0) is 42.1 Å². The molecule has 7 heteroatoms. The second-order valence-electron chi connectivity index (χ2n) is 2.56. The van der Waals surface area contributed by atoms with Gasteiger partial charge in [0, 0.05) is 17.0 Å². The van der Waals surface area contributed by atoms with E-state index in [1.54, 1.807) is 18.6 Å². The second-order valence-corrected chi connectivity index (χ2v) is 5.17. The summed E-state index contributed by atoms with van der Waals surface area (Å²) in [6, 6.07) is 4.25. The zero-order valence-corrected chi connectivity index (χ0v) is 11.8. The van der Waals surface area contributed by atoms with Crippen molar-refractivity contribution in [1.82, 2.24) is 3.71 Å². The summed E-state index contributed by atoms with van der Waals surface area (Å²) in [7, 11) is 0. The number of hydrogen-bond donors (Lipinski definition) is 0. The highest BCUT2D eigenvalue weighted by molar-refractivity contribution is 9.10. The quantitative estimate of drug-likeness (QED) is 0.787. The van der Waals surface area contributed by atoms with Crippen LogP contribution in [-0.2, 0) is 0 Å². The van der Waals surface area contributed by atoms with Crippen LogP contribution in [0.5, 0.6) is 5.75 Å². The predicted octanol–water partition coefficient (Wildman–Crippen LogP) is 3.95. The van der Waals surface area contributed by atoms with Crippen molar-refractivity contribution in [2.45, 2.75) is 0 Å². The maximum absolute atomic E-state index is 13.3. The average Bonchev–Trinajstić information content (AvgIpc) is 2.24. The van der Waals surface area contributed by atoms with Gasteiger partial charge in [-0.3, -0.25) is 0 Å². The molecule has 0 aliphatic rings. The van der Waals surface area contributed by atoms with Crippen LogP contribution in [0.2, 0.25) is 0 Å². The zero-order chi connectivity index (χ0) is 12.1. The topological polar surface area (TPSA) is 29.5 Å². The molecule has 1 rings (SSSR count). The summed E-state index contributed by atoms with van der Waals surface area (Å²) in [6.45, 7) is 0. The van der Waals surface area contributed by atoms with Gasteiger partial charge in [0.05, 0.1) is 0 Å². The molecule has 0 N–H and O–H groups in total. The van der Waals surface area contributed by atoms with Crippen LogP contribution >= 0.6 is 39.8 Å². The maximum Gasteiger partial charge on any atom is 0.435 e. The Hall–Kier alpha value is -0.400. The molecule has 0 saturated carbocycles. The van der Waals surface area contributed by atoms with Crippen LogP contribution in [0.25, 0.3) is 0 Å². The molecule has 16 heavy (non-hydrogen) atoms. The lowest BCUT2D eigenvalue weighted by Crippen LogP contribution is -2.21. The Morgan fingerprint density at radius 3 is 2.56 bits per heavy atom. The molecular formula is C9H9BrFNO2S2. The van der Waals surface area contributed by atoms with Gasteiger partial charge in [0.15, 0.2) is 11.6 Å². The van der Waals surface area contributed by atoms with Crippen LogP contribution in [0.3, 0.4) is 0 Å². The van der Waals surface area contributed by atoms with E-state index in [2.05, 4.69) is 15.9 Å². The van der Waals surface area contributed by atoms with E-state index in [-0.39, 0.29) is 5.75 Å². The molecule has 1 aromatic carbocycles. The lowest BCUT2D eigenvalue weighted by atomic mass is 10.3. The van der Waals surface area contributed by atoms with E-state index in [1.165, 1.54) is 39.7 Å². The minimum atomic E-state index is -0.610. The average molecular weight is 326 g/mol. The summed E-state index contributed by atoms with van der Waals surface area (Å²) in [5, 5.41) is 0. The van der Waals surface area contributed by atoms with Crippen LogP contribution in [0.15, 0.2) is 22.7 Å². The number of amides is 1. The largest absolute Gasteiger partial charge is 0.435 e. The lowest BCUT2D eigenvalue weighted by molar-refractivity contribution is 0.195. The zero-order valence-electron chi connectivity index (χ0n) is 8.57. The monoisotopic (exact) mass is 325 g/mol. The number of nitrogens with zero attached hydrogens (tertiary/aromatic N) is 1. The van der Waals surface area contributed by atoms with E-state index < -0.39 is 11.9 Å². The number of rotatable bonds is 3. The summed E-state index contributed by atoms with van der Waals surface area (Å²) in [4.78, 5) is 11.5. The number of ether oxygens (including phenoxy) is 1. The Morgan fingerprint density at radius 2 is 2.06 bits per heavy atom. The van der Waals surface area contributed by atoms with Crippen molar-refractivity contribution >= 4 is 45.9 Å². The molecule has 1 aromatic rings. The van der Waals surface area contributed by atoms with E-state index in [4.69, 9.17) is 4.74 Å². The minimum Gasteiger partial charge on any atom is -0.406 e. The van der Waals surface area contributed by atoms with Crippen molar-refractivity contribution in [3.05, 3.63) is 28.5 Å². The molecule has 0 aromatic heterocycles. The second kappa shape index (κ2) is 6.36.